The van der Waals surface area contributed by atoms with E-state index >= 15 is 0 Å². The number of aryl methyl sites for hydroxylation is 1. The van der Waals surface area contributed by atoms with Gasteiger partial charge in [-0.1, -0.05) is 6.07 Å². The number of nitrogens with zero attached hydrogens (tertiary/aromatic N) is 1. The fraction of sp³-hybridized carbons (Fsp3) is 0.0833. The number of anilines is 1. The highest BCUT2D eigenvalue weighted by molar-refractivity contribution is 5.87. The number of nitrogens with two attached hydrogens (primary N) is 1. The van der Waals surface area contributed by atoms with E-state index in [1.54, 1.807) is 12.5 Å². The zero-order valence-corrected chi connectivity index (χ0v) is 8.82. The molecule has 0 saturated carbocycles. The normalized spacial score (nSPS) is 11.1. The van der Waals surface area contributed by atoms with E-state index in [1.807, 2.05) is 19.1 Å². The van der Waals surface area contributed by atoms with Gasteiger partial charge in [0.1, 0.15) is 11.4 Å². The zero-order valence-electron chi connectivity index (χ0n) is 8.82. The molecule has 3 N–H and O–H groups in total. The smallest absolute Gasteiger partial charge is 0.134 e. The number of hydrogen-bond donors (Lipinski definition) is 2. The quantitative estimate of drug-likeness (QED) is 0.653. The Morgan fingerprint density at radius 3 is 3.00 bits per heavy atom. The van der Waals surface area contributed by atoms with Gasteiger partial charge in [-0.2, -0.15) is 5.10 Å². The maximum Gasteiger partial charge on any atom is 0.134 e. The lowest BCUT2D eigenvalue weighted by Gasteiger charge is -1.99. The molecule has 4 heteroatoms. The molecule has 0 aliphatic rings. The third kappa shape index (κ3) is 1.20. The Kier molecular flexibility index (Phi) is 1.77. The van der Waals surface area contributed by atoms with E-state index < -0.39 is 0 Å². The van der Waals surface area contributed by atoms with Gasteiger partial charge < -0.3 is 10.2 Å². The minimum absolute atomic E-state index is 0.584. The summed E-state index contributed by atoms with van der Waals surface area (Å²) in [7, 11) is 0. The van der Waals surface area contributed by atoms with E-state index in [2.05, 4.69) is 16.3 Å². The summed E-state index contributed by atoms with van der Waals surface area (Å²) in [4.78, 5) is 0. The van der Waals surface area contributed by atoms with Gasteiger partial charge in [0, 0.05) is 10.9 Å². The molecule has 2 aromatic heterocycles. The van der Waals surface area contributed by atoms with E-state index in [4.69, 9.17) is 10.2 Å². The van der Waals surface area contributed by atoms with Gasteiger partial charge in [-0.25, -0.2) is 0 Å². The second kappa shape index (κ2) is 3.13. The Morgan fingerprint density at radius 1 is 1.38 bits per heavy atom. The first-order valence-electron chi connectivity index (χ1n) is 5.03. The molecule has 0 radical (unpaired) electrons. The van der Waals surface area contributed by atoms with Gasteiger partial charge in [-0.3, -0.25) is 5.10 Å². The molecular weight excluding hydrogens is 202 g/mol. The molecule has 0 aliphatic carbocycles. The first kappa shape index (κ1) is 9.03. The summed E-state index contributed by atoms with van der Waals surface area (Å²) in [5, 5.41) is 7.75. The van der Waals surface area contributed by atoms with Crippen LogP contribution in [0.3, 0.4) is 0 Å². The number of furan rings is 1. The topological polar surface area (TPSA) is 67.8 Å². The van der Waals surface area contributed by atoms with Crippen LogP contribution >= 0.6 is 0 Å². The van der Waals surface area contributed by atoms with Crippen LogP contribution in [0, 0.1) is 6.92 Å². The molecule has 0 spiro atoms. The summed E-state index contributed by atoms with van der Waals surface area (Å²) in [6.07, 6.45) is 3.49. The van der Waals surface area contributed by atoms with Crippen molar-refractivity contribution in [3.63, 3.8) is 0 Å². The van der Waals surface area contributed by atoms with Crippen molar-refractivity contribution in [1.29, 1.82) is 0 Å². The van der Waals surface area contributed by atoms with Gasteiger partial charge in [0.25, 0.3) is 0 Å². The molecule has 0 bridgehead atoms. The molecule has 2 heterocycles. The third-order valence-corrected chi connectivity index (χ3v) is 2.75. The van der Waals surface area contributed by atoms with Crippen molar-refractivity contribution in [2.24, 2.45) is 0 Å². The second-order valence-corrected chi connectivity index (χ2v) is 3.83. The maximum absolute atomic E-state index is 5.79. The fourth-order valence-corrected chi connectivity index (χ4v) is 1.85. The summed E-state index contributed by atoms with van der Waals surface area (Å²) < 4.78 is 5.40. The van der Waals surface area contributed by atoms with Crippen molar-refractivity contribution in [3.8, 4) is 11.1 Å². The maximum atomic E-state index is 5.79. The molecule has 16 heavy (non-hydrogen) atoms. The molecule has 0 aliphatic heterocycles. The Labute approximate surface area is 92.1 Å². The van der Waals surface area contributed by atoms with Crippen LogP contribution in [0.5, 0.6) is 0 Å². The summed E-state index contributed by atoms with van der Waals surface area (Å²) in [5.41, 5.74) is 9.77. The Balaban J connectivity index is 2.25. The first-order chi connectivity index (χ1) is 7.75. The number of aromatic amines is 1. The van der Waals surface area contributed by atoms with E-state index in [-0.39, 0.29) is 0 Å². The molecule has 0 saturated heterocycles. The monoisotopic (exact) mass is 213 g/mol. The average Bonchev–Trinajstić information content (AvgIpc) is 2.86. The summed E-state index contributed by atoms with van der Waals surface area (Å²) >= 11 is 0. The van der Waals surface area contributed by atoms with Crippen LogP contribution in [0.2, 0.25) is 0 Å². The highest BCUT2D eigenvalue weighted by Gasteiger charge is 2.07. The zero-order chi connectivity index (χ0) is 11.1. The SMILES string of the molecule is Cc1coc2ccc(-c3cn[nH]c3N)cc12. The summed E-state index contributed by atoms with van der Waals surface area (Å²) in [6, 6.07) is 5.99. The van der Waals surface area contributed by atoms with Gasteiger partial charge in [0.15, 0.2) is 0 Å². The van der Waals surface area contributed by atoms with E-state index in [9.17, 15) is 0 Å². The van der Waals surface area contributed by atoms with E-state index in [1.165, 1.54) is 0 Å². The highest BCUT2D eigenvalue weighted by Crippen LogP contribution is 2.29. The predicted octanol–water partition coefficient (Wildman–Crippen LogP) is 2.71. The van der Waals surface area contributed by atoms with Crippen molar-refractivity contribution in [1.82, 2.24) is 10.2 Å². The average molecular weight is 213 g/mol. The van der Waals surface area contributed by atoms with Crippen LogP contribution in [0.1, 0.15) is 5.56 Å². The number of H-pyrrole nitrogens is 1. The number of fused-ring (bicyclic) bond motifs is 1. The molecule has 0 fully saturated rings. The van der Waals surface area contributed by atoms with Crippen molar-refractivity contribution in [3.05, 3.63) is 36.2 Å². The molecule has 3 rings (SSSR count). The molecular formula is C12H11N3O. The van der Waals surface area contributed by atoms with Crippen LogP contribution in [0.15, 0.2) is 35.1 Å². The Morgan fingerprint density at radius 2 is 2.25 bits per heavy atom. The van der Waals surface area contributed by atoms with Crippen molar-refractivity contribution in [2.45, 2.75) is 6.92 Å². The molecule has 1 aromatic carbocycles. The number of hydrogen-bond acceptors (Lipinski definition) is 3. The minimum atomic E-state index is 0.584. The second-order valence-electron chi connectivity index (χ2n) is 3.83. The lowest BCUT2D eigenvalue weighted by atomic mass is 10.1. The number of aromatic nitrogens is 2. The number of nitrogen functional groups attached to an aromatic ring is 1. The van der Waals surface area contributed by atoms with Crippen molar-refractivity contribution >= 4 is 16.8 Å². The van der Waals surface area contributed by atoms with Crippen LogP contribution in [0.25, 0.3) is 22.1 Å². The van der Waals surface area contributed by atoms with Crippen LogP contribution in [-0.4, -0.2) is 10.2 Å². The van der Waals surface area contributed by atoms with E-state index in [0.29, 0.717) is 5.82 Å². The Bertz CT molecular complexity index is 651. The summed E-state index contributed by atoms with van der Waals surface area (Å²) in [6.45, 7) is 2.02. The molecule has 3 aromatic rings. The van der Waals surface area contributed by atoms with Crippen molar-refractivity contribution < 1.29 is 4.42 Å². The van der Waals surface area contributed by atoms with Crippen LogP contribution in [0.4, 0.5) is 5.82 Å². The first-order valence-corrected chi connectivity index (χ1v) is 5.03. The molecule has 0 amide bonds. The van der Waals surface area contributed by atoms with Gasteiger partial charge >= 0.3 is 0 Å². The summed E-state index contributed by atoms with van der Waals surface area (Å²) in [5.74, 6) is 0.584. The number of benzene rings is 1. The Hall–Kier alpha value is -2.23. The van der Waals surface area contributed by atoms with E-state index in [0.717, 1.165) is 27.7 Å². The van der Waals surface area contributed by atoms with Crippen LogP contribution in [-0.2, 0) is 0 Å². The fourth-order valence-electron chi connectivity index (χ4n) is 1.85. The highest BCUT2D eigenvalue weighted by atomic mass is 16.3. The van der Waals surface area contributed by atoms with Gasteiger partial charge in [-0.15, -0.1) is 0 Å². The van der Waals surface area contributed by atoms with Crippen LogP contribution < -0.4 is 5.73 Å². The van der Waals surface area contributed by atoms with Gasteiger partial charge in [0.05, 0.1) is 12.5 Å². The van der Waals surface area contributed by atoms with Gasteiger partial charge in [-0.05, 0) is 30.2 Å². The van der Waals surface area contributed by atoms with Crippen molar-refractivity contribution in [2.75, 3.05) is 5.73 Å². The molecule has 4 nitrogen and oxygen atoms in total. The molecule has 0 atom stereocenters. The number of nitrogens with one attached hydrogen (secondary N) is 1. The molecule has 0 unspecified atom stereocenters. The predicted molar refractivity (Wildman–Crippen MR) is 62.9 cm³/mol. The molecule has 80 valence electrons. The van der Waals surface area contributed by atoms with Gasteiger partial charge in [0.2, 0.25) is 0 Å². The third-order valence-electron chi connectivity index (χ3n) is 2.75. The minimum Gasteiger partial charge on any atom is -0.464 e. The lowest BCUT2D eigenvalue weighted by molar-refractivity contribution is 0.613. The number of rotatable bonds is 1. The largest absolute Gasteiger partial charge is 0.464 e. The lowest BCUT2D eigenvalue weighted by Crippen LogP contribution is -1.87. The standard InChI is InChI=1S/C12H11N3O/c1-7-6-16-11-3-2-8(4-9(7)11)10-5-14-15-12(10)13/h2-6H,1H3,(H3,13,14,15).